The van der Waals surface area contributed by atoms with E-state index in [9.17, 15) is 4.79 Å². The van der Waals surface area contributed by atoms with Crippen LogP contribution >= 0.6 is 21.6 Å². The Morgan fingerprint density at radius 3 is 2.64 bits per heavy atom. The van der Waals surface area contributed by atoms with Gasteiger partial charge in [-0.15, -0.1) is 0 Å². The van der Waals surface area contributed by atoms with Gasteiger partial charge in [-0.3, -0.25) is 4.79 Å². The van der Waals surface area contributed by atoms with E-state index in [4.69, 9.17) is 4.74 Å². The van der Waals surface area contributed by atoms with Crippen LogP contribution in [0.2, 0.25) is 0 Å². The maximum Gasteiger partial charge on any atom is 0.305 e. The number of carbonyl (C=O) groups is 1. The third kappa shape index (κ3) is 8.07. The van der Waals surface area contributed by atoms with Crippen molar-refractivity contribution in [3.05, 3.63) is 0 Å². The Bertz CT molecular complexity index is 107. The fourth-order valence-corrected chi connectivity index (χ4v) is 1.93. The number of hydrogen-bond acceptors (Lipinski definition) is 4. The lowest BCUT2D eigenvalue weighted by molar-refractivity contribution is -0.142. The van der Waals surface area contributed by atoms with Crippen molar-refractivity contribution >= 4 is 27.6 Å². The lowest BCUT2D eigenvalue weighted by Crippen LogP contribution is -2.04. The molecule has 0 rings (SSSR count). The average Bonchev–Trinajstić information content (AvgIpc) is 2.04. The number of esters is 1. The first-order valence-corrected chi connectivity index (χ1v) is 6.20. The Balaban J connectivity index is 2.95. The molecule has 0 saturated heterocycles. The molecule has 66 valence electrons. The summed E-state index contributed by atoms with van der Waals surface area (Å²) in [5, 5.41) is 0. The monoisotopic (exact) mass is 194 g/mol. The normalized spacial score (nSPS) is 9.64. The molecule has 0 aliphatic carbocycles. The van der Waals surface area contributed by atoms with Gasteiger partial charge in [0.1, 0.15) is 6.61 Å². The highest BCUT2D eigenvalue weighted by atomic mass is 33.1. The zero-order chi connectivity index (χ0) is 8.53. The molecule has 11 heavy (non-hydrogen) atoms. The van der Waals surface area contributed by atoms with E-state index in [1.807, 2.05) is 0 Å². The Morgan fingerprint density at radius 1 is 1.36 bits per heavy atom. The third-order valence-electron chi connectivity index (χ3n) is 0.920. The predicted octanol–water partition coefficient (Wildman–Crippen LogP) is 2.34. The quantitative estimate of drug-likeness (QED) is 0.368. The van der Waals surface area contributed by atoms with Crippen LogP contribution in [0.15, 0.2) is 0 Å². The van der Waals surface area contributed by atoms with Gasteiger partial charge in [0.15, 0.2) is 0 Å². The number of ether oxygens (including phenoxy) is 1. The van der Waals surface area contributed by atoms with Gasteiger partial charge >= 0.3 is 5.97 Å². The molecule has 0 amide bonds. The molecule has 2 nitrogen and oxygen atoms in total. The molecule has 0 radical (unpaired) electrons. The largest absolute Gasteiger partial charge is 0.465 e. The summed E-state index contributed by atoms with van der Waals surface area (Å²) in [5.41, 5.74) is 0. The van der Waals surface area contributed by atoms with E-state index in [1.165, 1.54) is 0 Å². The van der Waals surface area contributed by atoms with Gasteiger partial charge in [-0.1, -0.05) is 35.4 Å². The highest BCUT2D eigenvalue weighted by Crippen LogP contribution is 2.19. The van der Waals surface area contributed by atoms with Gasteiger partial charge in [0.05, 0.1) is 0 Å². The highest BCUT2D eigenvalue weighted by molar-refractivity contribution is 8.76. The smallest absolute Gasteiger partial charge is 0.305 e. The molecule has 0 bridgehead atoms. The molecule has 0 saturated carbocycles. The molecule has 0 atom stereocenters. The van der Waals surface area contributed by atoms with Crippen molar-refractivity contribution in [3.63, 3.8) is 0 Å². The van der Waals surface area contributed by atoms with E-state index >= 15 is 0 Å². The van der Waals surface area contributed by atoms with E-state index < -0.39 is 0 Å². The van der Waals surface area contributed by atoms with Crippen molar-refractivity contribution in [2.45, 2.75) is 20.3 Å². The molecule has 0 aliphatic heterocycles. The standard InChI is InChI=1S/C7H14O2S2/c1-3-7(8)9-5-6-11-10-4-2/h3-6H2,1-2H3. The SMILES string of the molecule is CCSSCCOC(=O)CC. The van der Waals surface area contributed by atoms with Crippen molar-refractivity contribution in [2.75, 3.05) is 18.1 Å². The molecular formula is C7H14O2S2. The number of carbonyl (C=O) groups excluding carboxylic acids is 1. The van der Waals surface area contributed by atoms with Gasteiger partial charge in [-0.25, -0.2) is 0 Å². The van der Waals surface area contributed by atoms with Crippen molar-refractivity contribution in [1.82, 2.24) is 0 Å². The first kappa shape index (κ1) is 11.2. The average molecular weight is 194 g/mol. The summed E-state index contributed by atoms with van der Waals surface area (Å²) < 4.78 is 4.86. The Morgan fingerprint density at radius 2 is 2.09 bits per heavy atom. The molecule has 0 unspecified atom stereocenters. The van der Waals surface area contributed by atoms with Gasteiger partial charge in [0, 0.05) is 17.9 Å². The van der Waals surface area contributed by atoms with Gasteiger partial charge in [-0.2, -0.15) is 0 Å². The summed E-state index contributed by atoms with van der Waals surface area (Å²) in [6, 6.07) is 0. The summed E-state index contributed by atoms with van der Waals surface area (Å²) in [5.74, 6) is 1.89. The van der Waals surface area contributed by atoms with Crippen LogP contribution in [0.5, 0.6) is 0 Å². The number of rotatable bonds is 6. The van der Waals surface area contributed by atoms with Crippen LogP contribution in [0, 0.1) is 0 Å². The molecule has 0 heterocycles. The first-order chi connectivity index (χ1) is 5.31. The predicted molar refractivity (Wildman–Crippen MR) is 51.8 cm³/mol. The lowest BCUT2D eigenvalue weighted by Gasteiger charge is -2.00. The van der Waals surface area contributed by atoms with Crippen LogP contribution in [0.25, 0.3) is 0 Å². The Hall–Kier alpha value is 0.170. The maximum absolute atomic E-state index is 10.6. The van der Waals surface area contributed by atoms with Gasteiger partial charge in [-0.05, 0) is 0 Å². The molecule has 0 aromatic heterocycles. The minimum absolute atomic E-state index is 0.105. The summed E-state index contributed by atoms with van der Waals surface area (Å²) in [4.78, 5) is 10.6. The van der Waals surface area contributed by atoms with Crippen LogP contribution in [0.3, 0.4) is 0 Å². The van der Waals surface area contributed by atoms with Crippen LogP contribution < -0.4 is 0 Å². The van der Waals surface area contributed by atoms with Gasteiger partial charge < -0.3 is 4.74 Å². The molecule has 0 aromatic carbocycles. The molecule has 0 N–H and O–H groups in total. The summed E-state index contributed by atoms with van der Waals surface area (Å²) in [6.45, 7) is 4.45. The topological polar surface area (TPSA) is 26.3 Å². The van der Waals surface area contributed by atoms with Gasteiger partial charge in [0.25, 0.3) is 0 Å². The van der Waals surface area contributed by atoms with E-state index in [0.29, 0.717) is 13.0 Å². The highest BCUT2D eigenvalue weighted by Gasteiger charge is 1.96. The second kappa shape index (κ2) is 8.27. The first-order valence-electron chi connectivity index (χ1n) is 3.71. The van der Waals surface area contributed by atoms with Crippen LogP contribution in [-0.2, 0) is 9.53 Å². The van der Waals surface area contributed by atoms with E-state index in [0.717, 1.165) is 11.5 Å². The molecular weight excluding hydrogens is 180 g/mol. The van der Waals surface area contributed by atoms with Crippen LogP contribution in [0.4, 0.5) is 0 Å². The second-order valence-corrected chi connectivity index (χ2v) is 4.67. The van der Waals surface area contributed by atoms with E-state index in [1.54, 1.807) is 28.5 Å². The molecule has 0 aromatic rings. The van der Waals surface area contributed by atoms with Crippen molar-refractivity contribution < 1.29 is 9.53 Å². The zero-order valence-electron chi connectivity index (χ0n) is 6.96. The summed E-state index contributed by atoms with van der Waals surface area (Å²) in [7, 11) is 3.54. The van der Waals surface area contributed by atoms with E-state index in [-0.39, 0.29) is 5.97 Å². The molecule has 4 heteroatoms. The number of hydrogen-bond donors (Lipinski definition) is 0. The Labute approximate surface area is 75.9 Å². The lowest BCUT2D eigenvalue weighted by atomic mass is 10.5. The van der Waals surface area contributed by atoms with Crippen LogP contribution in [-0.4, -0.2) is 24.1 Å². The fourth-order valence-electron chi connectivity index (χ4n) is 0.434. The molecule has 0 aliphatic rings. The van der Waals surface area contributed by atoms with Crippen molar-refractivity contribution in [2.24, 2.45) is 0 Å². The minimum Gasteiger partial charge on any atom is -0.465 e. The second-order valence-electron chi connectivity index (χ2n) is 1.80. The fraction of sp³-hybridized carbons (Fsp3) is 0.857. The molecule has 0 spiro atoms. The van der Waals surface area contributed by atoms with E-state index in [2.05, 4.69) is 6.92 Å². The molecule has 0 fully saturated rings. The van der Waals surface area contributed by atoms with Gasteiger partial charge in [0.2, 0.25) is 0 Å². The summed E-state index contributed by atoms with van der Waals surface area (Å²) >= 11 is 0. The van der Waals surface area contributed by atoms with Crippen molar-refractivity contribution in [1.29, 1.82) is 0 Å². The minimum atomic E-state index is -0.105. The Kier molecular flexibility index (Phi) is 8.40. The third-order valence-corrected chi connectivity index (χ3v) is 3.36. The van der Waals surface area contributed by atoms with Crippen LogP contribution in [0.1, 0.15) is 20.3 Å². The summed E-state index contributed by atoms with van der Waals surface area (Å²) in [6.07, 6.45) is 0.478. The maximum atomic E-state index is 10.6. The van der Waals surface area contributed by atoms with Crippen molar-refractivity contribution in [3.8, 4) is 0 Å². The zero-order valence-corrected chi connectivity index (χ0v) is 8.59.